The first-order valence-corrected chi connectivity index (χ1v) is 9.12. The molecule has 1 unspecified atom stereocenters. The number of imidazole rings is 1. The molecule has 3 heterocycles. The summed E-state index contributed by atoms with van der Waals surface area (Å²) in [6.07, 6.45) is 7.02. The van der Waals surface area contributed by atoms with Crippen LogP contribution in [0.1, 0.15) is 6.92 Å². The van der Waals surface area contributed by atoms with E-state index in [1.807, 2.05) is 19.2 Å². The van der Waals surface area contributed by atoms with Crippen LogP contribution in [0.4, 0.5) is 13.9 Å². The highest BCUT2D eigenvalue weighted by Gasteiger charge is 2.15. The predicted octanol–water partition coefficient (Wildman–Crippen LogP) is 4.20. The molecule has 0 aliphatic rings. The van der Waals surface area contributed by atoms with Crippen LogP contribution in [0.15, 0.2) is 49.1 Å². The maximum absolute atomic E-state index is 14.4. The van der Waals surface area contributed by atoms with E-state index in [4.69, 9.17) is 5.11 Å². The first kappa shape index (κ1) is 17.6. The Morgan fingerprint density at radius 2 is 2.07 bits per heavy atom. The predicted molar refractivity (Wildman–Crippen MR) is 102 cm³/mol. The van der Waals surface area contributed by atoms with E-state index in [-0.39, 0.29) is 18.2 Å². The van der Waals surface area contributed by atoms with E-state index in [1.165, 1.54) is 23.5 Å². The van der Waals surface area contributed by atoms with Crippen molar-refractivity contribution in [2.24, 2.45) is 0 Å². The molecule has 0 spiro atoms. The number of nitrogens with zero attached hydrogens (tertiary/aromatic N) is 3. The number of nitrogens with one attached hydrogen (secondary N) is 1. The summed E-state index contributed by atoms with van der Waals surface area (Å²) in [6, 6.07) is 5.23. The number of hydrogen-bond donors (Lipinski definition) is 2. The van der Waals surface area contributed by atoms with Crippen molar-refractivity contribution in [1.29, 1.82) is 0 Å². The van der Waals surface area contributed by atoms with Gasteiger partial charge >= 0.3 is 0 Å². The van der Waals surface area contributed by atoms with Gasteiger partial charge in [0.15, 0.2) is 5.13 Å². The molecule has 0 aliphatic carbocycles. The number of anilines is 1. The van der Waals surface area contributed by atoms with Crippen molar-refractivity contribution < 1.29 is 13.9 Å². The van der Waals surface area contributed by atoms with Crippen LogP contribution in [-0.4, -0.2) is 32.1 Å². The van der Waals surface area contributed by atoms with E-state index < -0.39 is 11.6 Å². The van der Waals surface area contributed by atoms with Gasteiger partial charge in [-0.3, -0.25) is 0 Å². The first-order valence-electron chi connectivity index (χ1n) is 8.31. The Labute approximate surface area is 158 Å². The van der Waals surface area contributed by atoms with Gasteiger partial charge in [-0.15, -0.1) is 0 Å². The highest BCUT2D eigenvalue weighted by molar-refractivity contribution is 7.18. The molecule has 2 N–H and O–H groups in total. The van der Waals surface area contributed by atoms with Gasteiger partial charge in [-0.25, -0.2) is 18.7 Å². The Bertz CT molecular complexity index is 1110. The Balaban J connectivity index is 1.81. The van der Waals surface area contributed by atoms with Gasteiger partial charge in [-0.2, -0.15) is 0 Å². The summed E-state index contributed by atoms with van der Waals surface area (Å²) in [5.74, 6) is -1.26. The number of aliphatic hydroxyl groups excluding tert-OH is 1. The van der Waals surface area contributed by atoms with Crippen molar-refractivity contribution >= 4 is 22.1 Å². The Morgan fingerprint density at radius 1 is 1.22 bits per heavy atom. The van der Waals surface area contributed by atoms with Crippen LogP contribution < -0.4 is 5.32 Å². The quantitative estimate of drug-likeness (QED) is 0.540. The molecule has 4 aromatic rings. The van der Waals surface area contributed by atoms with Crippen molar-refractivity contribution in [3.63, 3.8) is 0 Å². The van der Waals surface area contributed by atoms with E-state index in [0.29, 0.717) is 16.3 Å². The van der Waals surface area contributed by atoms with E-state index >= 15 is 0 Å². The lowest BCUT2D eigenvalue weighted by Gasteiger charge is -2.09. The fourth-order valence-corrected chi connectivity index (χ4v) is 3.71. The van der Waals surface area contributed by atoms with Gasteiger partial charge in [0.2, 0.25) is 0 Å². The van der Waals surface area contributed by atoms with Crippen LogP contribution in [0.5, 0.6) is 0 Å². The molecule has 5 nitrogen and oxygen atoms in total. The smallest absolute Gasteiger partial charge is 0.183 e. The summed E-state index contributed by atoms with van der Waals surface area (Å²) >= 11 is 1.43. The largest absolute Gasteiger partial charge is 0.394 e. The van der Waals surface area contributed by atoms with Crippen LogP contribution in [0, 0.1) is 11.6 Å². The van der Waals surface area contributed by atoms with E-state index in [1.54, 1.807) is 23.0 Å². The molecule has 0 saturated heterocycles. The minimum Gasteiger partial charge on any atom is -0.394 e. The molecule has 0 radical (unpaired) electrons. The third-order valence-electron chi connectivity index (χ3n) is 4.14. The van der Waals surface area contributed by atoms with Gasteiger partial charge in [0.25, 0.3) is 0 Å². The topological polar surface area (TPSA) is 62.5 Å². The molecular weight excluding hydrogens is 370 g/mol. The molecule has 138 valence electrons. The summed E-state index contributed by atoms with van der Waals surface area (Å²) in [5, 5.41) is 13.0. The minimum absolute atomic E-state index is 0.00387. The molecule has 0 amide bonds. The van der Waals surface area contributed by atoms with Crippen molar-refractivity contribution in [2.45, 2.75) is 13.0 Å². The number of fused-ring (bicyclic) bond motifs is 1. The first-order chi connectivity index (χ1) is 13.0. The maximum Gasteiger partial charge on any atom is 0.183 e. The van der Waals surface area contributed by atoms with Crippen molar-refractivity contribution in [2.75, 3.05) is 11.9 Å². The average molecular weight is 386 g/mol. The van der Waals surface area contributed by atoms with Gasteiger partial charge in [-0.1, -0.05) is 11.3 Å². The van der Waals surface area contributed by atoms with Crippen molar-refractivity contribution in [3.8, 4) is 21.6 Å². The number of hydrogen-bond acceptors (Lipinski definition) is 5. The number of aromatic nitrogens is 3. The van der Waals surface area contributed by atoms with E-state index in [0.717, 1.165) is 16.5 Å². The van der Waals surface area contributed by atoms with Crippen LogP contribution in [-0.2, 0) is 0 Å². The Hall–Kier alpha value is -2.84. The molecule has 0 aliphatic heterocycles. The number of pyridine rings is 1. The summed E-state index contributed by atoms with van der Waals surface area (Å²) in [5.41, 5.74) is 2.27. The number of thiazole rings is 1. The summed E-state index contributed by atoms with van der Waals surface area (Å²) in [6.45, 7) is 1.86. The monoisotopic (exact) mass is 386 g/mol. The molecular formula is C19H16F2N4OS. The fourth-order valence-electron chi connectivity index (χ4n) is 2.80. The summed E-state index contributed by atoms with van der Waals surface area (Å²) in [4.78, 5) is 9.50. The highest BCUT2D eigenvalue weighted by Crippen LogP contribution is 2.34. The van der Waals surface area contributed by atoms with E-state index in [2.05, 4.69) is 15.3 Å². The van der Waals surface area contributed by atoms with Crippen LogP contribution in [0.25, 0.3) is 27.2 Å². The zero-order valence-electron chi connectivity index (χ0n) is 14.4. The van der Waals surface area contributed by atoms with Crippen LogP contribution >= 0.6 is 11.3 Å². The SMILES string of the molecule is CC(CO)Nc1ncc(-c2cc(-c3ccc(F)cc3F)c3nccn3c2)s1. The molecule has 27 heavy (non-hydrogen) atoms. The summed E-state index contributed by atoms with van der Waals surface area (Å²) < 4.78 is 29.5. The van der Waals surface area contributed by atoms with Gasteiger partial charge in [-0.05, 0) is 25.1 Å². The number of aliphatic hydroxyl groups is 1. The zero-order valence-corrected chi connectivity index (χ0v) is 15.2. The van der Waals surface area contributed by atoms with Gasteiger partial charge in [0.05, 0.1) is 11.5 Å². The van der Waals surface area contributed by atoms with Gasteiger partial charge < -0.3 is 14.8 Å². The average Bonchev–Trinajstić information content (AvgIpc) is 3.30. The maximum atomic E-state index is 14.4. The third kappa shape index (κ3) is 3.41. The Morgan fingerprint density at radius 3 is 2.85 bits per heavy atom. The molecule has 8 heteroatoms. The second-order valence-electron chi connectivity index (χ2n) is 6.18. The van der Waals surface area contributed by atoms with Gasteiger partial charge in [0.1, 0.15) is 17.3 Å². The molecule has 0 bridgehead atoms. The van der Waals surface area contributed by atoms with Gasteiger partial charge in [0, 0.05) is 53.6 Å². The molecule has 0 fully saturated rings. The number of halogens is 2. The fraction of sp³-hybridized carbons (Fsp3) is 0.158. The molecule has 1 atom stereocenters. The molecule has 1 aromatic carbocycles. The lowest BCUT2D eigenvalue weighted by atomic mass is 10.0. The van der Waals surface area contributed by atoms with Crippen molar-refractivity contribution in [1.82, 2.24) is 14.4 Å². The number of benzene rings is 1. The second-order valence-corrected chi connectivity index (χ2v) is 7.21. The molecule has 4 rings (SSSR count). The van der Waals surface area contributed by atoms with Crippen LogP contribution in [0.3, 0.4) is 0 Å². The lowest BCUT2D eigenvalue weighted by Crippen LogP contribution is -2.18. The normalized spacial score (nSPS) is 12.4. The highest BCUT2D eigenvalue weighted by atomic mass is 32.1. The van der Waals surface area contributed by atoms with E-state index in [9.17, 15) is 8.78 Å². The molecule has 0 saturated carbocycles. The molecule has 3 aromatic heterocycles. The summed E-state index contributed by atoms with van der Waals surface area (Å²) in [7, 11) is 0. The zero-order chi connectivity index (χ0) is 19.0. The lowest BCUT2D eigenvalue weighted by molar-refractivity contribution is 0.281. The third-order valence-corrected chi connectivity index (χ3v) is 5.12. The van der Waals surface area contributed by atoms with Crippen LogP contribution in [0.2, 0.25) is 0 Å². The standard InChI is InChI=1S/C19H16F2N4OS/c1-11(10-26)24-19-23-8-17(27-19)12-6-15(18-22-4-5-25(18)9-12)14-3-2-13(20)7-16(14)21/h2-9,11,26H,10H2,1H3,(H,23,24). The van der Waals surface area contributed by atoms with Crippen molar-refractivity contribution in [3.05, 3.63) is 60.7 Å². The second kappa shape index (κ2) is 7.05. The Kier molecular flexibility index (Phi) is 4.59. The minimum atomic E-state index is -0.638. The number of rotatable bonds is 5.